The maximum atomic E-state index is 11.6. The van der Waals surface area contributed by atoms with Gasteiger partial charge in [-0.1, -0.05) is 12.1 Å². The molecule has 124 valence electrons. The van der Waals surface area contributed by atoms with Crippen LogP contribution in [0, 0.1) is 0 Å². The van der Waals surface area contributed by atoms with Crippen LogP contribution < -0.4 is 20.5 Å². The fourth-order valence-corrected chi connectivity index (χ4v) is 1.76. The summed E-state index contributed by atoms with van der Waals surface area (Å²) in [5.74, 6) is 0.984. The third-order valence-corrected chi connectivity index (χ3v) is 2.89. The Morgan fingerprint density at radius 3 is 2.77 bits per heavy atom. The van der Waals surface area contributed by atoms with Gasteiger partial charge in [0.1, 0.15) is 0 Å². The van der Waals surface area contributed by atoms with Crippen molar-refractivity contribution in [3.63, 3.8) is 0 Å². The summed E-state index contributed by atoms with van der Waals surface area (Å²) in [4.78, 5) is 11.6. The van der Waals surface area contributed by atoms with Gasteiger partial charge in [-0.25, -0.2) is 0 Å². The number of carbonyl (C=O) groups excluding carboxylic acids is 1. The summed E-state index contributed by atoms with van der Waals surface area (Å²) < 4.78 is 10.8. The van der Waals surface area contributed by atoms with E-state index in [4.69, 9.17) is 15.2 Å². The Hall–Kier alpha value is -1.72. The van der Waals surface area contributed by atoms with E-state index in [2.05, 4.69) is 11.9 Å². The van der Waals surface area contributed by atoms with E-state index >= 15 is 0 Å². The zero-order valence-electron chi connectivity index (χ0n) is 13.1. The Balaban J connectivity index is 0.00000441. The zero-order chi connectivity index (χ0) is 15.7. The molecule has 0 saturated heterocycles. The Bertz CT molecular complexity index is 478. The van der Waals surface area contributed by atoms with Crippen LogP contribution in [0.5, 0.6) is 11.5 Å². The van der Waals surface area contributed by atoms with E-state index < -0.39 is 0 Å². The van der Waals surface area contributed by atoms with Gasteiger partial charge < -0.3 is 20.5 Å². The average Bonchev–Trinajstić information content (AvgIpc) is 2.45. The standard InChI is InChI=1S/C16H24N2O3.ClH/c1-4-5-13-6-7-14(15(10-13)20-3)21-11-16(19)18-9-8-12(2)17;/h4,6-7,10,12H,1,5,8-9,11,17H2,2-3H3,(H,18,19);1H. The van der Waals surface area contributed by atoms with Gasteiger partial charge >= 0.3 is 0 Å². The molecule has 0 aromatic heterocycles. The van der Waals surface area contributed by atoms with E-state index in [1.807, 2.05) is 25.1 Å². The van der Waals surface area contributed by atoms with Crippen molar-refractivity contribution in [2.24, 2.45) is 5.73 Å². The highest BCUT2D eigenvalue weighted by Crippen LogP contribution is 2.28. The average molecular weight is 329 g/mol. The Morgan fingerprint density at radius 1 is 1.45 bits per heavy atom. The Kier molecular flexibility index (Phi) is 10.1. The molecule has 0 saturated carbocycles. The molecule has 1 aromatic carbocycles. The van der Waals surface area contributed by atoms with Gasteiger partial charge in [-0.05, 0) is 37.5 Å². The SMILES string of the molecule is C=CCc1ccc(OCC(=O)NCCC(C)N)c(OC)c1.Cl. The number of ether oxygens (including phenoxy) is 2. The van der Waals surface area contributed by atoms with Crippen molar-refractivity contribution in [1.29, 1.82) is 0 Å². The second-order valence-electron chi connectivity index (χ2n) is 4.88. The van der Waals surface area contributed by atoms with Gasteiger partial charge in [0.25, 0.3) is 5.91 Å². The van der Waals surface area contributed by atoms with Crippen LogP contribution in [0.2, 0.25) is 0 Å². The van der Waals surface area contributed by atoms with Crippen LogP contribution in [-0.4, -0.2) is 32.2 Å². The minimum Gasteiger partial charge on any atom is -0.493 e. The number of rotatable bonds is 9. The summed E-state index contributed by atoms with van der Waals surface area (Å²) >= 11 is 0. The minimum atomic E-state index is -0.173. The summed E-state index contributed by atoms with van der Waals surface area (Å²) in [7, 11) is 1.57. The van der Waals surface area contributed by atoms with E-state index in [1.165, 1.54) is 0 Å². The molecule has 1 atom stereocenters. The van der Waals surface area contributed by atoms with Gasteiger partial charge in [0.05, 0.1) is 7.11 Å². The monoisotopic (exact) mass is 328 g/mol. The zero-order valence-corrected chi connectivity index (χ0v) is 13.9. The highest BCUT2D eigenvalue weighted by atomic mass is 35.5. The number of halogens is 1. The molecular weight excluding hydrogens is 304 g/mol. The van der Waals surface area contributed by atoms with Gasteiger partial charge in [0.2, 0.25) is 0 Å². The normalized spacial score (nSPS) is 11.0. The van der Waals surface area contributed by atoms with Crippen LogP contribution in [0.15, 0.2) is 30.9 Å². The van der Waals surface area contributed by atoms with E-state index in [0.29, 0.717) is 18.0 Å². The van der Waals surface area contributed by atoms with Crippen molar-refractivity contribution in [2.45, 2.75) is 25.8 Å². The number of methoxy groups -OCH3 is 1. The molecule has 3 N–H and O–H groups in total. The van der Waals surface area contributed by atoms with E-state index in [9.17, 15) is 4.79 Å². The highest BCUT2D eigenvalue weighted by Gasteiger charge is 2.08. The molecule has 0 aliphatic rings. The largest absolute Gasteiger partial charge is 0.493 e. The van der Waals surface area contributed by atoms with Crippen molar-refractivity contribution < 1.29 is 14.3 Å². The molecule has 5 nitrogen and oxygen atoms in total. The van der Waals surface area contributed by atoms with Crippen molar-refractivity contribution >= 4 is 18.3 Å². The molecule has 1 rings (SSSR count). The smallest absolute Gasteiger partial charge is 0.257 e. The number of benzene rings is 1. The van der Waals surface area contributed by atoms with Gasteiger partial charge in [0.15, 0.2) is 18.1 Å². The number of allylic oxidation sites excluding steroid dienone is 1. The number of nitrogens with one attached hydrogen (secondary N) is 1. The third-order valence-electron chi connectivity index (χ3n) is 2.89. The molecular formula is C16H25ClN2O3. The predicted octanol–water partition coefficient (Wildman–Crippen LogP) is 2.08. The summed E-state index contributed by atoms with van der Waals surface area (Å²) in [5.41, 5.74) is 6.69. The molecule has 0 bridgehead atoms. The lowest BCUT2D eigenvalue weighted by Crippen LogP contribution is -2.32. The minimum absolute atomic E-state index is 0. The van der Waals surface area contributed by atoms with E-state index in [-0.39, 0.29) is 31.0 Å². The molecule has 1 unspecified atom stereocenters. The molecule has 0 radical (unpaired) electrons. The highest BCUT2D eigenvalue weighted by molar-refractivity contribution is 5.85. The number of carbonyl (C=O) groups is 1. The molecule has 1 amide bonds. The molecule has 6 heteroatoms. The summed E-state index contributed by atoms with van der Waals surface area (Å²) in [6.45, 7) is 6.11. The maximum absolute atomic E-state index is 11.6. The summed E-state index contributed by atoms with van der Waals surface area (Å²) in [6, 6.07) is 5.68. The van der Waals surface area contributed by atoms with E-state index in [1.54, 1.807) is 13.2 Å². The summed E-state index contributed by atoms with van der Waals surface area (Å²) in [5, 5.41) is 2.76. The first kappa shape index (κ1) is 20.3. The molecule has 22 heavy (non-hydrogen) atoms. The topological polar surface area (TPSA) is 73.6 Å². The fraction of sp³-hybridized carbons (Fsp3) is 0.438. The number of amides is 1. The van der Waals surface area contributed by atoms with Crippen LogP contribution in [0.1, 0.15) is 18.9 Å². The lowest BCUT2D eigenvalue weighted by atomic mass is 10.1. The van der Waals surface area contributed by atoms with Crippen molar-refractivity contribution in [3.8, 4) is 11.5 Å². The first-order chi connectivity index (χ1) is 10.1. The van der Waals surface area contributed by atoms with Crippen LogP contribution in [0.4, 0.5) is 0 Å². The molecule has 0 aliphatic heterocycles. The molecule has 0 aliphatic carbocycles. The van der Waals surface area contributed by atoms with Crippen molar-refractivity contribution in [3.05, 3.63) is 36.4 Å². The van der Waals surface area contributed by atoms with Crippen LogP contribution >= 0.6 is 12.4 Å². The van der Waals surface area contributed by atoms with Crippen molar-refractivity contribution in [1.82, 2.24) is 5.32 Å². The van der Waals surface area contributed by atoms with Gasteiger partial charge in [-0.2, -0.15) is 0 Å². The predicted molar refractivity (Wildman–Crippen MR) is 90.9 cm³/mol. The number of nitrogens with two attached hydrogens (primary N) is 1. The quantitative estimate of drug-likeness (QED) is 0.681. The first-order valence-electron chi connectivity index (χ1n) is 6.99. The van der Waals surface area contributed by atoms with Crippen molar-refractivity contribution in [2.75, 3.05) is 20.3 Å². The lowest BCUT2D eigenvalue weighted by Gasteiger charge is -2.12. The molecule has 1 aromatic rings. The second-order valence-corrected chi connectivity index (χ2v) is 4.88. The first-order valence-corrected chi connectivity index (χ1v) is 6.99. The van der Waals surface area contributed by atoms with Gasteiger partial charge in [0, 0.05) is 12.6 Å². The number of hydrogen-bond donors (Lipinski definition) is 2. The summed E-state index contributed by atoms with van der Waals surface area (Å²) in [6.07, 6.45) is 3.32. The van der Waals surface area contributed by atoms with Gasteiger partial charge in [-0.3, -0.25) is 4.79 Å². The second kappa shape index (κ2) is 10.9. The van der Waals surface area contributed by atoms with Crippen LogP contribution in [-0.2, 0) is 11.2 Å². The molecule has 0 fully saturated rings. The number of hydrogen-bond acceptors (Lipinski definition) is 4. The fourth-order valence-electron chi connectivity index (χ4n) is 1.76. The molecule has 0 heterocycles. The molecule has 0 spiro atoms. The Labute approximate surface area is 138 Å². The maximum Gasteiger partial charge on any atom is 0.257 e. The van der Waals surface area contributed by atoms with E-state index in [0.717, 1.165) is 18.4 Å². The van der Waals surface area contributed by atoms with Gasteiger partial charge in [-0.15, -0.1) is 19.0 Å². The Morgan fingerprint density at radius 2 is 2.18 bits per heavy atom. The van der Waals surface area contributed by atoms with Crippen LogP contribution in [0.3, 0.4) is 0 Å². The van der Waals surface area contributed by atoms with Crippen LogP contribution in [0.25, 0.3) is 0 Å². The lowest BCUT2D eigenvalue weighted by molar-refractivity contribution is -0.123. The third kappa shape index (κ3) is 7.33.